The van der Waals surface area contributed by atoms with Crippen LogP contribution in [-0.4, -0.2) is 50.1 Å². The van der Waals surface area contributed by atoms with Crippen molar-refractivity contribution in [1.82, 2.24) is 4.31 Å². The summed E-state index contributed by atoms with van der Waals surface area (Å²) in [5, 5.41) is 9.37. The smallest absolute Gasteiger partial charge is 0.335 e. The number of carboxylic acids is 1. The highest BCUT2D eigenvalue weighted by molar-refractivity contribution is 7.89. The van der Waals surface area contributed by atoms with E-state index in [9.17, 15) is 18.3 Å². The highest BCUT2D eigenvalue weighted by Gasteiger charge is 2.27. The third-order valence-electron chi connectivity index (χ3n) is 4.15. The molecular weight excluding hydrogens is 342 g/mol. The van der Waals surface area contributed by atoms with Crippen LogP contribution in [0.4, 0.5) is 0 Å². The van der Waals surface area contributed by atoms with Gasteiger partial charge in [0.05, 0.1) is 23.7 Å². The van der Waals surface area contributed by atoms with Crippen molar-refractivity contribution >= 4 is 16.0 Å². The number of nitrogens with zero attached hydrogens (tertiary/aromatic N) is 1. The van der Waals surface area contributed by atoms with Crippen molar-refractivity contribution in [2.24, 2.45) is 0 Å². The van der Waals surface area contributed by atoms with Crippen LogP contribution in [0.1, 0.15) is 15.9 Å². The van der Waals surface area contributed by atoms with Crippen molar-refractivity contribution in [3.8, 4) is 11.1 Å². The molecule has 0 aromatic heterocycles. The zero-order valence-electron chi connectivity index (χ0n) is 13.8. The van der Waals surface area contributed by atoms with Crippen molar-refractivity contribution in [1.29, 1.82) is 0 Å². The molecule has 0 bridgehead atoms. The van der Waals surface area contributed by atoms with Crippen molar-refractivity contribution in [2.75, 3.05) is 26.3 Å². The van der Waals surface area contributed by atoms with Crippen LogP contribution in [0.5, 0.6) is 0 Å². The minimum absolute atomic E-state index is 0.00937. The molecule has 1 fully saturated rings. The van der Waals surface area contributed by atoms with E-state index >= 15 is 0 Å². The molecule has 0 saturated carbocycles. The Labute approximate surface area is 146 Å². The quantitative estimate of drug-likeness (QED) is 0.904. The number of aryl methyl sites for hydroxylation is 1. The van der Waals surface area contributed by atoms with Crippen LogP contribution in [0.25, 0.3) is 11.1 Å². The van der Waals surface area contributed by atoms with Crippen LogP contribution < -0.4 is 0 Å². The van der Waals surface area contributed by atoms with E-state index in [2.05, 4.69) is 0 Å². The third kappa shape index (κ3) is 3.73. The lowest BCUT2D eigenvalue weighted by Gasteiger charge is -2.26. The van der Waals surface area contributed by atoms with E-state index < -0.39 is 16.0 Å². The fourth-order valence-electron chi connectivity index (χ4n) is 2.72. The van der Waals surface area contributed by atoms with E-state index in [0.29, 0.717) is 18.8 Å². The normalized spacial score (nSPS) is 15.9. The number of carboxylic acid groups (broad SMARTS) is 1. The highest BCUT2D eigenvalue weighted by atomic mass is 32.2. The summed E-state index contributed by atoms with van der Waals surface area (Å²) in [4.78, 5) is 11.5. The minimum atomic E-state index is -3.77. The molecule has 2 aromatic carbocycles. The minimum Gasteiger partial charge on any atom is -0.478 e. The second kappa shape index (κ2) is 6.95. The number of aromatic carboxylic acids is 1. The summed E-state index contributed by atoms with van der Waals surface area (Å²) in [7, 11) is -3.77. The summed E-state index contributed by atoms with van der Waals surface area (Å²) in [6.07, 6.45) is 0. The molecule has 0 amide bonds. The molecule has 0 spiro atoms. The average Bonchev–Trinajstić information content (AvgIpc) is 2.62. The fourth-order valence-corrected chi connectivity index (χ4v) is 4.20. The Hall–Kier alpha value is -2.22. The molecule has 3 rings (SSSR count). The molecule has 7 heteroatoms. The molecule has 0 aliphatic carbocycles. The highest BCUT2D eigenvalue weighted by Crippen LogP contribution is 2.27. The van der Waals surface area contributed by atoms with Gasteiger partial charge in [0.1, 0.15) is 0 Å². The van der Waals surface area contributed by atoms with Gasteiger partial charge < -0.3 is 9.84 Å². The average molecular weight is 361 g/mol. The Kier molecular flexibility index (Phi) is 4.89. The second-order valence-electron chi connectivity index (χ2n) is 5.93. The molecule has 1 N–H and O–H groups in total. The van der Waals surface area contributed by atoms with Crippen molar-refractivity contribution < 1.29 is 23.1 Å². The zero-order valence-corrected chi connectivity index (χ0v) is 14.6. The van der Waals surface area contributed by atoms with Crippen LogP contribution in [0, 0.1) is 6.92 Å². The summed E-state index contributed by atoms with van der Waals surface area (Å²) in [5.74, 6) is -1.16. The van der Waals surface area contributed by atoms with Gasteiger partial charge >= 0.3 is 5.97 Å². The Morgan fingerprint density at radius 1 is 1.04 bits per heavy atom. The predicted molar refractivity (Wildman–Crippen MR) is 93.2 cm³/mol. The summed E-state index contributed by atoms with van der Waals surface area (Å²) in [6, 6.07) is 11.7. The van der Waals surface area contributed by atoms with Crippen LogP contribution in [0.2, 0.25) is 0 Å². The lowest BCUT2D eigenvalue weighted by molar-refractivity contribution is 0.0696. The topological polar surface area (TPSA) is 83.9 Å². The SMILES string of the molecule is Cc1ccc(-c2cc(C(=O)O)cc(S(=O)(=O)N3CCOCC3)c2)cc1. The van der Waals surface area contributed by atoms with Gasteiger partial charge in [0.25, 0.3) is 0 Å². The van der Waals surface area contributed by atoms with Gasteiger partial charge in [0, 0.05) is 13.1 Å². The molecule has 0 unspecified atom stereocenters. The summed E-state index contributed by atoms with van der Waals surface area (Å²) < 4.78 is 32.3. The number of rotatable bonds is 4. The molecule has 6 nitrogen and oxygen atoms in total. The Bertz CT molecular complexity index is 884. The van der Waals surface area contributed by atoms with E-state index in [0.717, 1.165) is 11.1 Å². The maximum atomic E-state index is 12.9. The van der Waals surface area contributed by atoms with Crippen LogP contribution in [0.15, 0.2) is 47.4 Å². The number of morpholine rings is 1. The Balaban J connectivity index is 2.10. The van der Waals surface area contributed by atoms with E-state index in [1.165, 1.54) is 22.5 Å². The molecule has 1 aliphatic heterocycles. The van der Waals surface area contributed by atoms with Gasteiger partial charge in [-0.05, 0) is 36.2 Å². The van der Waals surface area contributed by atoms with Gasteiger partial charge in [-0.2, -0.15) is 4.31 Å². The lowest BCUT2D eigenvalue weighted by atomic mass is 10.0. The van der Waals surface area contributed by atoms with Gasteiger partial charge in [-0.3, -0.25) is 0 Å². The summed E-state index contributed by atoms with van der Waals surface area (Å²) >= 11 is 0. The first-order chi connectivity index (χ1) is 11.9. The fraction of sp³-hybridized carbons (Fsp3) is 0.278. The van der Waals surface area contributed by atoms with Crippen molar-refractivity contribution in [3.63, 3.8) is 0 Å². The largest absolute Gasteiger partial charge is 0.478 e. The molecule has 132 valence electrons. The van der Waals surface area contributed by atoms with E-state index in [4.69, 9.17) is 4.74 Å². The molecule has 25 heavy (non-hydrogen) atoms. The first kappa shape index (κ1) is 17.6. The first-order valence-corrected chi connectivity index (χ1v) is 9.35. The van der Waals surface area contributed by atoms with Gasteiger partial charge in [0.15, 0.2) is 0 Å². The number of hydrogen-bond acceptors (Lipinski definition) is 4. The molecule has 0 atom stereocenters. The van der Waals surface area contributed by atoms with Gasteiger partial charge in [-0.1, -0.05) is 29.8 Å². The van der Waals surface area contributed by atoms with Gasteiger partial charge in [-0.15, -0.1) is 0 Å². The van der Waals surface area contributed by atoms with Crippen molar-refractivity contribution in [3.05, 3.63) is 53.6 Å². The maximum Gasteiger partial charge on any atom is 0.335 e. The lowest BCUT2D eigenvalue weighted by Crippen LogP contribution is -2.40. The Morgan fingerprint density at radius 3 is 2.28 bits per heavy atom. The molecule has 2 aromatic rings. The maximum absolute atomic E-state index is 12.9. The number of hydrogen-bond donors (Lipinski definition) is 1. The zero-order chi connectivity index (χ0) is 18.0. The summed E-state index contributed by atoms with van der Waals surface area (Å²) in [5.41, 5.74) is 2.35. The predicted octanol–water partition coefficient (Wildman–Crippen LogP) is 2.38. The van der Waals surface area contributed by atoms with E-state index in [1.807, 2.05) is 31.2 Å². The standard InChI is InChI=1S/C18H19NO5S/c1-13-2-4-14(5-3-13)15-10-16(18(20)21)12-17(11-15)25(22,23)19-6-8-24-9-7-19/h2-5,10-12H,6-9H2,1H3,(H,20,21). The van der Waals surface area contributed by atoms with Crippen LogP contribution in [0.3, 0.4) is 0 Å². The second-order valence-corrected chi connectivity index (χ2v) is 7.87. The van der Waals surface area contributed by atoms with E-state index in [1.54, 1.807) is 0 Å². The van der Waals surface area contributed by atoms with Crippen molar-refractivity contribution in [2.45, 2.75) is 11.8 Å². The molecule has 1 heterocycles. The molecule has 1 saturated heterocycles. The van der Waals surface area contributed by atoms with Gasteiger partial charge in [0.2, 0.25) is 10.0 Å². The van der Waals surface area contributed by atoms with Crippen LogP contribution >= 0.6 is 0 Å². The molecular formula is C18H19NO5S. The summed E-state index contributed by atoms with van der Waals surface area (Å²) in [6.45, 7) is 3.15. The third-order valence-corrected chi connectivity index (χ3v) is 6.02. The van der Waals surface area contributed by atoms with Gasteiger partial charge in [-0.25, -0.2) is 13.2 Å². The van der Waals surface area contributed by atoms with E-state index in [-0.39, 0.29) is 23.5 Å². The van der Waals surface area contributed by atoms with Crippen LogP contribution in [-0.2, 0) is 14.8 Å². The molecule has 0 radical (unpaired) electrons. The number of sulfonamides is 1. The number of carbonyl (C=O) groups is 1. The monoisotopic (exact) mass is 361 g/mol. The Morgan fingerprint density at radius 2 is 1.68 bits per heavy atom. The molecule has 1 aliphatic rings. The number of ether oxygens (including phenoxy) is 1. The number of benzene rings is 2. The first-order valence-electron chi connectivity index (χ1n) is 7.91.